The number of rotatable bonds is 4. The molecule has 0 spiro atoms. The van der Waals surface area contributed by atoms with Gasteiger partial charge in [0, 0.05) is 12.2 Å². The lowest BCUT2D eigenvalue weighted by molar-refractivity contribution is -0.141. The number of alkyl halides is 3. The van der Waals surface area contributed by atoms with Crippen LogP contribution in [0, 0.1) is 0 Å². The van der Waals surface area contributed by atoms with Gasteiger partial charge in [-0.25, -0.2) is 0 Å². The van der Waals surface area contributed by atoms with E-state index in [1.807, 2.05) is 0 Å². The Morgan fingerprint density at radius 1 is 1.65 bits per heavy atom. The molecular formula is C9H12F3N3O2. The number of hydrogen-bond donors (Lipinski definition) is 2. The molecule has 1 heterocycles. The van der Waals surface area contributed by atoms with Gasteiger partial charge < -0.3 is 10.4 Å². The average Bonchev–Trinajstić information content (AvgIpc) is 2.65. The Balaban J connectivity index is 2.58. The van der Waals surface area contributed by atoms with Gasteiger partial charge in [0.1, 0.15) is 6.54 Å². The van der Waals surface area contributed by atoms with Crippen LogP contribution in [0.3, 0.4) is 0 Å². The Kier molecular flexibility index (Phi) is 4.11. The number of aliphatic hydroxyl groups excluding tert-OH is 1. The van der Waals surface area contributed by atoms with Crippen LogP contribution in [0.2, 0.25) is 0 Å². The van der Waals surface area contributed by atoms with E-state index < -0.39 is 23.8 Å². The lowest BCUT2D eigenvalue weighted by atomic mass is 10.3. The van der Waals surface area contributed by atoms with Crippen molar-refractivity contribution in [2.24, 2.45) is 0 Å². The Hall–Kier alpha value is -1.57. The fourth-order valence-corrected chi connectivity index (χ4v) is 1.11. The summed E-state index contributed by atoms with van der Waals surface area (Å²) in [6, 6.07) is 0.350. The van der Waals surface area contributed by atoms with Crippen molar-refractivity contribution in [3.05, 3.63) is 18.0 Å². The van der Waals surface area contributed by atoms with Crippen LogP contribution in [0.4, 0.5) is 13.2 Å². The van der Waals surface area contributed by atoms with E-state index in [9.17, 15) is 18.0 Å². The van der Waals surface area contributed by atoms with Gasteiger partial charge in [-0.05, 0) is 13.0 Å². The van der Waals surface area contributed by atoms with Gasteiger partial charge in [-0.3, -0.25) is 9.48 Å². The van der Waals surface area contributed by atoms with E-state index in [4.69, 9.17) is 5.11 Å². The van der Waals surface area contributed by atoms with Crippen molar-refractivity contribution in [1.29, 1.82) is 0 Å². The average molecular weight is 251 g/mol. The van der Waals surface area contributed by atoms with Crippen LogP contribution >= 0.6 is 0 Å². The molecule has 96 valence electrons. The maximum atomic E-state index is 12.2. The summed E-state index contributed by atoms with van der Waals surface area (Å²) in [5.74, 6) is -0.511. The Labute approximate surface area is 95.2 Å². The second-order valence-electron chi connectivity index (χ2n) is 3.55. The number of nitrogens with one attached hydrogen (secondary N) is 1. The van der Waals surface area contributed by atoms with E-state index in [1.165, 1.54) is 0 Å². The second-order valence-corrected chi connectivity index (χ2v) is 3.55. The highest BCUT2D eigenvalue weighted by atomic mass is 19.4. The SMILES string of the molecule is CC(CO)NC(=O)Cn1ccc(C(F)(F)F)n1. The first-order valence-corrected chi connectivity index (χ1v) is 4.84. The fourth-order valence-electron chi connectivity index (χ4n) is 1.11. The third-order valence-corrected chi connectivity index (χ3v) is 1.92. The summed E-state index contributed by atoms with van der Waals surface area (Å²) >= 11 is 0. The zero-order chi connectivity index (χ0) is 13.1. The molecule has 2 N–H and O–H groups in total. The van der Waals surface area contributed by atoms with Gasteiger partial charge >= 0.3 is 6.18 Å². The molecule has 1 amide bonds. The van der Waals surface area contributed by atoms with Crippen LogP contribution in [0.25, 0.3) is 0 Å². The molecule has 1 unspecified atom stereocenters. The molecule has 1 aromatic rings. The van der Waals surface area contributed by atoms with Crippen molar-refractivity contribution in [2.45, 2.75) is 25.7 Å². The maximum Gasteiger partial charge on any atom is 0.435 e. The maximum absolute atomic E-state index is 12.2. The predicted octanol–water partition coefficient (Wildman–Crippen LogP) is 0.399. The van der Waals surface area contributed by atoms with Gasteiger partial charge in [0.2, 0.25) is 5.91 Å². The summed E-state index contributed by atoms with van der Waals surface area (Å²) in [5, 5.41) is 14.3. The first-order valence-electron chi connectivity index (χ1n) is 4.84. The third kappa shape index (κ3) is 4.06. The molecular weight excluding hydrogens is 239 g/mol. The zero-order valence-electron chi connectivity index (χ0n) is 9.03. The van der Waals surface area contributed by atoms with Crippen molar-refractivity contribution < 1.29 is 23.1 Å². The van der Waals surface area contributed by atoms with E-state index in [1.54, 1.807) is 6.92 Å². The number of halogens is 3. The molecule has 0 radical (unpaired) electrons. The fraction of sp³-hybridized carbons (Fsp3) is 0.556. The van der Waals surface area contributed by atoms with Gasteiger partial charge in [-0.2, -0.15) is 18.3 Å². The molecule has 1 atom stereocenters. The molecule has 5 nitrogen and oxygen atoms in total. The minimum atomic E-state index is -4.51. The molecule has 0 aliphatic rings. The second kappa shape index (κ2) is 5.17. The third-order valence-electron chi connectivity index (χ3n) is 1.92. The van der Waals surface area contributed by atoms with Crippen LogP contribution in [0.5, 0.6) is 0 Å². The number of aliphatic hydroxyl groups is 1. The van der Waals surface area contributed by atoms with Crippen LogP contribution in [0.1, 0.15) is 12.6 Å². The van der Waals surface area contributed by atoms with E-state index in [-0.39, 0.29) is 13.2 Å². The van der Waals surface area contributed by atoms with E-state index in [0.29, 0.717) is 0 Å². The van der Waals surface area contributed by atoms with Crippen LogP contribution in [-0.2, 0) is 17.5 Å². The van der Waals surface area contributed by atoms with Crippen LogP contribution in [0.15, 0.2) is 12.3 Å². The monoisotopic (exact) mass is 251 g/mol. The smallest absolute Gasteiger partial charge is 0.394 e. The largest absolute Gasteiger partial charge is 0.435 e. The summed E-state index contributed by atoms with van der Waals surface area (Å²) in [7, 11) is 0. The first-order chi connectivity index (χ1) is 7.82. The number of amides is 1. The number of carbonyl (C=O) groups is 1. The molecule has 17 heavy (non-hydrogen) atoms. The Bertz CT molecular complexity index is 389. The Morgan fingerprint density at radius 3 is 2.76 bits per heavy atom. The molecule has 0 saturated heterocycles. The highest BCUT2D eigenvalue weighted by Gasteiger charge is 2.33. The molecule has 0 saturated carbocycles. The van der Waals surface area contributed by atoms with Gasteiger partial charge in [-0.15, -0.1) is 0 Å². The summed E-state index contributed by atoms with van der Waals surface area (Å²) in [5.41, 5.74) is -1.04. The van der Waals surface area contributed by atoms with Crippen LogP contribution in [-0.4, -0.2) is 33.4 Å². The molecule has 8 heteroatoms. The first kappa shape index (κ1) is 13.5. The van der Waals surface area contributed by atoms with Crippen molar-refractivity contribution in [3.8, 4) is 0 Å². The van der Waals surface area contributed by atoms with Crippen LogP contribution < -0.4 is 5.32 Å². The molecule has 0 aromatic carbocycles. The summed E-state index contributed by atoms with van der Waals surface area (Å²) in [6.45, 7) is 1.02. The predicted molar refractivity (Wildman–Crippen MR) is 51.9 cm³/mol. The van der Waals surface area contributed by atoms with Gasteiger partial charge in [0.25, 0.3) is 0 Å². The number of carbonyl (C=O) groups excluding carboxylic acids is 1. The van der Waals surface area contributed by atoms with Gasteiger partial charge in [0.05, 0.1) is 6.61 Å². The number of hydrogen-bond acceptors (Lipinski definition) is 3. The van der Waals surface area contributed by atoms with Gasteiger partial charge in [0.15, 0.2) is 5.69 Å². The highest BCUT2D eigenvalue weighted by Crippen LogP contribution is 2.27. The molecule has 1 aromatic heterocycles. The summed E-state index contributed by atoms with van der Waals surface area (Å²) < 4.78 is 37.5. The van der Waals surface area contributed by atoms with E-state index in [2.05, 4.69) is 10.4 Å². The lowest BCUT2D eigenvalue weighted by Crippen LogP contribution is -2.37. The van der Waals surface area contributed by atoms with Gasteiger partial charge in [-0.1, -0.05) is 0 Å². The van der Waals surface area contributed by atoms with Crippen molar-refractivity contribution in [1.82, 2.24) is 15.1 Å². The van der Waals surface area contributed by atoms with Crippen molar-refractivity contribution >= 4 is 5.91 Å². The topological polar surface area (TPSA) is 67.2 Å². The normalized spacial score (nSPS) is 13.5. The molecule has 0 fully saturated rings. The van der Waals surface area contributed by atoms with E-state index in [0.717, 1.165) is 16.9 Å². The lowest BCUT2D eigenvalue weighted by Gasteiger charge is -2.10. The Morgan fingerprint density at radius 2 is 2.29 bits per heavy atom. The van der Waals surface area contributed by atoms with Crippen molar-refractivity contribution in [3.63, 3.8) is 0 Å². The number of nitrogens with zero attached hydrogens (tertiary/aromatic N) is 2. The molecule has 1 rings (SSSR count). The zero-order valence-corrected chi connectivity index (χ0v) is 9.03. The quantitative estimate of drug-likeness (QED) is 0.814. The molecule has 0 aliphatic carbocycles. The summed E-state index contributed by atoms with van der Waals surface area (Å²) in [6.07, 6.45) is -3.44. The minimum absolute atomic E-state index is 0.237. The highest BCUT2D eigenvalue weighted by molar-refractivity contribution is 5.75. The minimum Gasteiger partial charge on any atom is -0.394 e. The van der Waals surface area contributed by atoms with Crippen molar-refractivity contribution in [2.75, 3.05) is 6.61 Å². The molecule has 0 bridgehead atoms. The molecule has 0 aliphatic heterocycles. The summed E-state index contributed by atoms with van der Waals surface area (Å²) in [4.78, 5) is 11.3. The number of aromatic nitrogens is 2. The standard InChI is InChI=1S/C9H12F3N3O2/c1-6(5-16)13-8(17)4-15-3-2-7(14-15)9(10,11)12/h2-3,6,16H,4-5H2,1H3,(H,13,17). The van der Waals surface area contributed by atoms with E-state index >= 15 is 0 Å².